The summed E-state index contributed by atoms with van der Waals surface area (Å²) in [6, 6.07) is 18.7. The molecule has 0 unspecified atom stereocenters. The summed E-state index contributed by atoms with van der Waals surface area (Å²) < 4.78 is 11.4. The number of para-hydroxylation sites is 1. The van der Waals surface area contributed by atoms with Gasteiger partial charge in [0.2, 0.25) is 0 Å². The summed E-state index contributed by atoms with van der Waals surface area (Å²) in [7, 11) is 0. The van der Waals surface area contributed by atoms with Gasteiger partial charge in [-0.25, -0.2) is 4.99 Å². The van der Waals surface area contributed by atoms with Gasteiger partial charge in [-0.1, -0.05) is 42.5 Å². The van der Waals surface area contributed by atoms with Crippen molar-refractivity contribution in [1.29, 1.82) is 0 Å². The molecule has 0 atom stereocenters. The first-order valence-corrected chi connectivity index (χ1v) is 10.7. The van der Waals surface area contributed by atoms with E-state index in [0.717, 1.165) is 62.1 Å². The largest absolute Gasteiger partial charge is 0.459 e. The quantitative estimate of drug-likeness (QED) is 0.464. The van der Waals surface area contributed by atoms with Gasteiger partial charge in [0, 0.05) is 31.6 Å². The van der Waals surface area contributed by atoms with Gasteiger partial charge >= 0.3 is 0 Å². The van der Waals surface area contributed by atoms with E-state index in [1.54, 1.807) is 0 Å². The summed E-state index contributed by atoms with van der Waals surface area (Å²) in [5.74, 6) is 1.69. The van der Waals surface area contributed by atoms with Gasteiger partial charge in [-0.3, -0.25) is 4.90 Å². The molecular formula is C24H30N4O2. The zero-order valence-electron chi connectivity index (χ0n) is 17.6. The van der Waals surface area contributed by atoms with Gasteiger partial charge in [0.05, 0.1) is 26.3 Å². The van der Waals surface area contributed by atoms with Gasteiger partial charge in [-0.05, 0) is 30.2 Å². The molecule has 1 fully saturated rings. The highest BCUT2D eigenvalue weighted by molar-refractivity contribution is 5.80. The molecule has 1 aromatic heterocycles. The van der Waals surface area contributed by atoms with Gasteiger partial charge in [0.1, 0.15) is 11.3 Å². The SMILES string of the molecule is CCNC(=NCc1ccccc1CN1CCOCC1)NCc1cc2ccccc2o1. The number of hydrogen-bond acceptors (Lipinski definition) is 4. The Labute approximate surface area is 177 Å². The predicted octanol–water partition coefficient (Wildman–Crippen LogP) is 3.52. The lowest BCUT2D eigenvalue weighted by molar-refractivity contribution is 0.0341. The van der Waals surface area contributed by atoms with Crippen molar-refractivity contribution in [2.75, 3.05) is 32.8 Å². The molecule has 1 aliphatic heterocycles. The standard InChI is InChI=1S/C24H30N4O2/c1-2-25-24(27-17-22-15-19-7-5-6-10-23(19)30-22)26-16-20-8-3-4-9-21(20)18-28-11-13-29-14-12-28/h3-10,15H,2,11-14,16-18H2,1H3,(H2,25,26,27). The van der Waals surface area contributed by atoms with E-state index < -0.39 is 0 Å². The Balaban J connectivity index is 1.41. The van der Waals surface area contributed by atoms with Crippen LogP contribution in [0, 0.1) is 0 Å². The molecule has 2 heterocycles. The number of ether oxygens (including phenoxy) is 1. The van der Waals surface area contributed by atoms with Crippen LogP contribution in [0.5, 0.6) is 0 Å². The van der Waals surface area contributed by atoms with Crippen LogP contribution in [0.2, 0.25) is 0 Å². The third-order valence-electron chi connectivity index (χ3n) is 5.27. The van der Waals surface area contributed by atoms with Crippen LogP contribution in [0.1, 0.15) is 23.8 Å². The van der Waals surface area contributed by atoms with Crippen LogP contribution in [0.3, 0.4) is 0 Å². The number of aliphatic imine (C=N–C) groups is 1. The molecule has 6 heteroatoms. The van der Waals surface area contributed by atoms with Crippen LogP contribution in [0.25, 0.3) is 11.0 Å². The number of nitrogens with zero attached hydrogens (tertiary/aromatic N) is 2. The lowest BCUT2D eigenvalue weighted by Crippen LogP contribution is -2.37. The van der Waals surface area contributed by atoms with E-state index in [0.29, 0.717) is 13.1 Å². The second kappa shape index (κ2) is 10.3. The Morgan fingerprint density at radius 1 is 1.00 bits per heavy atom. The van der Waals surface area contributed by atoms with E-state index >= 15 is 0 Å². The first kappa shape index (κ1) is 20.4. The number of fused-ring (bicyclic) bond motifs is 1. The molecule has 2 N–H and O–H groups in total. The fourth-order valence-electron chi connectivity index (χ4n) is 3.67. The molecule has 0 amide bonds. The second-order valence-corrected chi connectivity index (χ2v) is 7.46. The zero-order chi connectivity index (χ0) is 20.6. The van der Waals surface area contributed by atoms with Crippen LogP contribution in [-0.4, -0.2) is 43.7 Å². The highest BCUT2D eigenvalue weighted by Crippen LogP contribution is 2.18. The van der Waals surface area contributed by atoms with Crippen molar-refractivity contribution in [2.24, 2.45) is 4.99 Å². The van der Waals surface area contributed by atoms with Gasteiger partial charge in [0.15, 0.2) is 5.96 Å². The van der Waals surface area contributed by atoms with Crippen LogP contribution in [-0.2, 0) is 24.4 Å². The second-order valence-electron chi connectivity index (χ2n) is 7.46. The fraction of sp³-hybridized carbons (Fsp3) is 0.375. The van der Waals surface area contributed by atoms with Crippen LogP contribution < -0.4 is 10.6 Å². The Hall–Kier alpha value is -2.83. The normalized spacial score (nSPS) is 15.4. The van der Waals surface area contributed by atoms with Crippen LogP contribution in [0.4, 0.5) is 0 Å². The molecule has 0 aliphatic carbocycles. The maximum atomic E-state index is 5.90. The fourth-order valence-corrected chi connectivity index (χ4v) is 3.67. The summed E-state index contributed by atoms with van der Waals surface area (Å²) in [5.41, 5.74) is 3.49. The Morgan fingerprint density at radius 2 is 1.77 bits per heavy atom. The summed E-state index contributed by atoms with van der Waals surface area (Å²) in [5, 5.41) is 7.83. The van der Waals surface area contributed by atoms with E-state index in [2.05, 4.69) is 58.9 Å². The summed E-state index contributed by atoms with van der Waals surface area (Å²) in [4.78, 5) is 7.26. The molecule has 3 aromatic rings. The summed E-state index contributed by atoms with van der Waals surface area (Å²) in [6.45, 7) is 8.65. The van der Waals surface area contributed by atoms with Gasteiger partial charge in [-0.2, -0.15) is 0 Å². The predicted molar refractivity (Wildman–Crippen MR) is 120 cm³/mol. The van der Waals surface area contributed by atoms with Crippen LogP contribution in [0.15, 0.2) is 64.0 Å². The molecule has 4 rings (SSSR count). The van der Waals surface area contributed by atoms with E-state index in [4.69, 9.17) is 14.1 Å². The minimum atomic E-state index is 0.593. The lowest BCUT2D eigenvalue weighted by atomic mass is 10.1. The van der Waals surface area contributed by atoms with Crippen LogP contribution >= 0.6 is 0 Å². The van der Waals surface area contributed by atoms with E-state index in [9.17, 15) is 0 Å². The lowest BCUT2D eigenvalue weighted by Gasteiger charge is -2.27. The third-order valence-corrected chi connectivity index (χ3v) is 5.27. The Kier molecular flexibility index (Phi) is 7.00. The third kappa shape index (κ3) is 5.40. The molecule has 6 nitrogen and oxygen atoms in total. The first-order valence-electron chi connectivity index (χ1n) is 10.7. The number of morpholine rings is 1. The minimum Gasteiger partial charge on any atom is -0.459 e. The number of nitrogens with one attached hydrogen (secondary N) is 2. The molecule has 0 bridgehead atoms. The molecule has 1 aliphatic rings. The highest BCUT2D eigenvalue weighted by Gasteiger charge is 2.12. The molecule has 1 saturated heterocycles. The molecule has 0 spiro atoms. The van der Waals surface area contributed by atoms with Crippen molar-refractivity contribution in [3.63, 3.8) is 0 Å². The van der Waals surface area contributed by atoms with E-state index in [-0.39, 0.29) is 0 Å². The first-order chi connectivity index (χ1) is 14.8. The van der Waals surface area contributed by atoms with Crippen molar-refractivity contribution >= 4 is 16.9 Å². The summed E-state index contributed by atoms with van der Waals surface area (Å²) in [6.07, 6.45) is 0. The number of hydrogen-bond donors (Lipinski definition) is 2. The summed E-state index contributed by atoms with van der Waals surface area (Å²) >= 11 is 0. The molecule has 158 valence electrons. The highest BCUT2D eigenvalue weighted by atomic mass is 16.5. The minimum absolute atomic E-state index is 0.593. The van der Waals surface area contributed by atoms with Crippen molar-refractivity contribution in [2.45, 2.75) is 26.6 Å². The molecular weight excluding hydrogens is 376 g/mol. The average Bonchev–Trinajstić information content (AvgIpc) is 3.20. The van der Waals surface area contributed by atoms with Gasteiger partial charge in [0.25, 0.3) is 0 Å². The molecule has 0 saturated carbocycles. The van der Waals surface area contributed by atoms with Gasteiger partial charge in [-0.15, -0.1) is 0 Å². The number of rotatable bonds is 7. The molecule has 0 radical (unpaired) electrons. The van der Waals surface area contributed by atoms with E-state index in [1.807, 2.05) is 18.2 Å². The smallest absolute Gasteiger partial charge is 0.191 e. The molecule has 2 aromatic carbocycles. The Bertz CT molecular complexity index is 943. The topological polar surface area (TPSA) is 62.0 Å². The van der Waals surface area contributed by atoms with Crippen molar-refractivity contribution < 1.29 is 9.15 Å². The maximum absolute atomic E-state index is 5.90. The van der Waals surface area contributed by atoms with Crippen molar-refractivity contribution in [3.05, 3.63) is 71.5 Å². The average molecular weight is 407 g/mol. The van der Waals surface area contributed by atoms with Crippen molar-refractivity contribution in [1.82, 2.24) is 15.5 Å². The monoisotopic (exact) mass is 406 g/mol. The Morgan fingerprint density at radius 3 is 2.57 bits per heavy atom. The zero-order valence-corrected chi connectivity index (χ0v) is 17.6. The maximum Gasteiger partial charge on any atom is 0.191 e. The number of benzene rings is 2. The number of guanidine groups is 1. The van der Waals surface area contributed by atoms with Crippen molar-refractivity contribution in [3.8, 4) is 0 Å². The van der Waals surface area contributed by atoms with Gasteiger partial charge < -0.3 is 19.8 Å². The van der Waals surface area contributed by atoms with E-state index in [1.165, 1.54) is 11.1 Å². The molecule has 30 heavy (non-hydrogen) atoms. The number of furan rings is 1.